The minimum Gasteiger partial charge on any atom is -0.350 e. The van der Waals surface area contributed by atoms with Crippen molar-refractivity contribution in [2.75, 3.05) is 39.3 Å². The number of nitrogens with one attached hydrogen (secondary N) is 1. The van der Waals surface area contributed by atoms with E-state index in [4.69, 9.17) is 0 Å². The molecule has 0 aliphatic carbocycles. The Morgan fingerprint density at radius 1 is 1.17 bits per heavy atom. The summed E-state index contributed by atoms with van der Waals surface area (Å²) in [6.45, 7) is 14.6. The first-order valence-corrected chi connectivity index (χ1v) is 8.91. The van der Waals surface area contributed by atoms with Crippen molar-refractivity contribution in [3.63, 3.8) is 0 Å². The molecule has 132 valence electrons. The van der Waals surface area contributed by atoms with Crippen LogP contribution in [0.2, 0.25) is 0 Å². The first-order chi connectivity index (χ1) is 11.4. The molecule has 1 fully saturated rings. The predicted molar refractivity (Wildman–Crippen MR) is 101 cm³/mol. The highest BCUT2D eigenvalue weighted by molar-refractivity contribution is 5.97. The fourth-order valence-corrected chi connectivity index (χ4v) is 3.08. The summed E-state index contributed by atoms with van der Waals surface area (Å²) >= 11 is 0. The molecule has 0 radical (unpaired) electrons. The molecule has 1 saturated heterocycles. The van der Waals surface area contributed by atoms with Crippen LogP contribution >= 0.6 is 0 Å². The first kappa shape index (κ1) is 18.7. The average molecular weight is 329 g/mol. The van der Waals surface area contributed by atoms with Gasteiger partial charge < -0.3 is 10.2 Å². The van der Waals surface area contributed by atoms with Gasteiger partial charge in [-0.2, -0.15) is 0 Å². The Labute approximate surface area is 146 Å². The third-order valence-corrected chi connectivity index (χ3v) is 4.90. The highest BCUT2D eigenvalue weighted by Gasteiger charge is 2.29. The van der Waals surface area contributed by atoms with E-state index in [-0.39, 0.29) is 11.4 Å². The molecule has 24 heavy (non-hydrogen) atoms. The molecule has 1 aliphatic heterocycles. The van der Waals surface area contributed by atoms with E-state index in [0.29, 0.717) is 6.54 Å². The molecule has 1 N–H and O–H groups in total. The van der Waals surface area contributed by atoms with Crippen LogP contribution in [0.25, 0.3) is 6.08 Å². The van der Waals surface area contributed by atoms with E-state index in [1.54, 1.807) is 0 Å². The summed E-state index contributed by atoms with van der Waals surface area (Å²) in [4.78, 5) is 17.3. The highest BCUT2D eigenvalue weighted by atomic mass is 16.1. The van der Waals surface area contributed by atoms with E-state index >= 15 is 0 Å². The van der Waals surface area contributed by atoms with E-state index in [1.165, 1.54) is 0 Å². The number of rotatable bonds is 6. The lowest BCUT2D eigenvalue weighted by molar-refractivity contribution is -0.118. The fraction of sp³-hybridized carbons (Fsp3) is 0.550. The summed E-state index contributed by atoms with van der Waals surface area (Å²) < 4.78 is 0. The van der Waals surface area contributed by atoms with Crippen molar-refractivity contribution in [2.24, 2.45) is 0 Å². The number of carbonyl (C=O) groups excluding carboxylic acids is 1. The Kier molecular flexibility index (Phi) is 6.58. The van der Waals surface area contributed by atoms with Gasteiger partial charge in [0.05, 0.1) is 0 Å². The summed E-state index contributed by atoms with van der Waals surface area (Å²) in [5.41, 5.74) is 1.77. The lowest BCUT2D eigenvalue weighted by atomic mass is 10.0. The second-order valence-corrected chi connectivity index (χ2v) is 7.15. The molecule has 0 bridgehead atoms. The van der Waals surface area contributed by atoms with Crippen LogP contribution in [-0.4, -0.2) is 60.5 Å². The topological polar surface area (TPSA) is 35.6 Å². The van der Waals surface area contributed by atoms with Gasteiger partial charge in [0.1, 0.15) is 0 Å². The molecule has 1 aromatic carbocycles. The maximum atomic E-state index is 12.4. The van der Waals surface area contributed by atoms with Crippen LogP contribution in [0.1, 0.15) is 33.3 Å². The van der Waals surface area contributed by atoms with Gasteiger partial charge in [-0.25, -0.2) is 0 Å². The van der Waals surface area contributed by atoms with Gasteiger partial charge in [-0.3, -0.25) is 9.69 Å². The second kappa shape index (κ2) is 8.45. The molecule has 1 amide bonds. The zero-order valence-electron chi connectivity index (χ0n) is 15.5. The summed E-state index contributed by atoms with van der Waals surface area (Å²) in [6.07, 6.45) is 1.93. The Hall–Kier alpha value is -1.65. The number of hydrogen-bond donors (Lipinski definition) is 1. The lowest BCUT2D eigenvalue weighted by Gasteiger charge is -2.44. The number of piperazine rings is 1. The van der Waals surface area contributed by atoms with E-state index in [9.17, 15) is 4.79 Å². The zero-order chi connectivity index (χ0) is 17.6. The first-order valence-electron chi connectivity index (χ1n) is 8.91. The van der Waals surface area contributed by atoms with Crippen molar-refractivity contribution in [3.05, 3.63) is 41.5 Å². The van der Waals surface area contributed by atoms with Crippen LogP contribution in [0.5, 0.6) is 0 Å². The maximum Gasteiger partial charge on any atom is 0.247 e. The predicted octanol–water partition coefficient (Wildman–Crippen LogP) is 2.62. The average Bonchev–Trinajstić information content (AvgIpc) is 2.60. The molecular formula is C20H31N3O. The van der Waals surface area contributed by atoms with Crippen LogP contribution in [0, 0.1) is 0 Å². The summed E-state index contributed by atoms with van der Waals surface area (Å²) in [5, 5.41) is 3.10. The van der Waals surface area contributed by atoms with Gasteiger partial charge in [0.15, 0.2) is 0 Å². The largest absolute Gasteiger partial charge is 0.350 e. The summed E-state index contributed by atoms with van der Waals surface area (Å²) in [6, 6.07) is 9.96. The Bertz CT molecular complexity index is 558. The molecule has 1 aliphatic rings. The van der Waals surface area contributed by atoms with Gasteiger partial charge in [0, 0.05) is 43.8 Å². The molecule has 0 unspecified atom stereocenters. The molecule has 0 atom stereocenters. The molecular weight excluding hydrogens is 298 g/mol. The Balaban J connectivity index is 1.87. The van der Waals surface area contributed by atoms with Crippen molar-refractivity contribution >= 4 is 12.0 Å². The third-order valence-electron chi connectivity index (χ3n) is 4.90. The van der Waals surface area contributed by atoms with Crippen LogP contribution in [0.15, 0.2) is 35.9 Å². The van der Waals surface area contributed by atoms with E-state index in [1.807, 2.05) is 43.3 Å². The van der Waals surface area contributed by atoms with Gasteiger partial charge in [0.25, 0.3) is 0 Å². The van der Waals surface area contributed by atoms with Gasteiger partial charge in [0.2, 0.25) is 5.91 Å². The van der Waals surface area contributed by atoms with Crippen LogP contribution in [-0.2, 0) is 4.79 Å². The monoisotopic (exact) mass is 329 g/mol. The van der Waals surface area contributed by atoms with Gasteiger partial charge in [-0.15, -0.1) is 0 Å². The maximum absolute atomic E-state index is 12.4. The highest BCUT2D eigenvalue weighted by Crippen LogP contribution is 2.16. The van der Waals surface area contributed by atoms with Crippen molar-refractivity contribution in [1.82, 2.24) is 15.1 Å². The minimum absolute atomic E-state index is 0.0131. The number of nitrogens with zero attached hydrogens (tertiary/aromatic N) is 2. The molecule has 2 rings (SSSR count). The summed E-state index contributed by atoms with van der Waals surface area (Å²) in [5.74, 6) is 0.0131. The molecule has 4 heteroatoms. The number of hydrogen-bond acceptors (Lipinski definition) is 3. The van der Waals surface area contributed by atoms with Gasteiger partial charge >= 0.3 is 0 Å². The van der Waals surface area contributed by atoms with Crippen molar-refractivity contribution in [2.45, 2.75) is 33.2 Å². The van der Waals surface area contributed by atoms with Crippen molar-refractivity contribution in [1.29, 1.82) is 0 Å². The fourth-order valence-electron chi connectivity index (χ4n) is 3.08. The van der Waals surface area contributed by atoms with Crippen LogP contribution in [0.3, 0.4) is 0 Å². The van der Waals surface area contributed by atoms with E-state index in [2.05, 4.69) is 35.9 Å². The molecule has 4 nitrogen and oxygen atoms in total. The normalized spacial score (nSPS) is 17.8. The summed E-state index contributed by atoms with van der Waals surface area (Å²) in [7, 11) is 0. The minimum atomic E-state index is -0.0253. The quantitative estimate of drug-likeness (QED) is 0.815. The van der Waals surface area contributed by atoms with E-state index < -0.39 is 0 Å². The standard InChI is InChI=1S/C20H31N3O/c1-5-22-11-13-23(14-12-22)20(3,4)16-21-19(24)17(2)15-18-9-7-6-8-10-18/h6-10,15H,5,11-14,16H2,1-4H3,(H,21,24)/b17-15+. The molecule has 0 aromatic heterocycles. The van der Waals surface area contributed by atoms with E-state index in [0.717, 1.165) is 43.9 Å². The van der Waals surface area contributed by atoms with Crippen LogP contribution in [0.4, 0.5) is 0 Å². The number of amides is 1. The third kappa shape index (κ3) is 5.18. The van der Waals surface area contributed by atoms with Gasteiger partial charge in [-0.05, 0) is 39.0 Å². The van der Waals surface area contributed by atoms with Crippen molar-refractivity contribution < 1.29 is 4.79 Å². The number of likely N-dealkylation sites (N-methyl/N-ethyl adjacent to an activating group) is 1. The lowest BCUT2D eigenvalue weighted by Crippen LogP contribution is -2.58. The zero-order valence-corrected chi connectivity index (χ0v) is 15.5. The Morgan fingerprint density at radius 3 is 2.38 bits per heavy atom. The smallest absolute Gasteiger partial charge is 0.247 e. The SMILES string of the molecule is CCN1CCN(C(C)(C)CNC(=O)/C(C)=C/c2ccccc2)CC1. The Morgan fingerprint density at radius 2 is 1.79 bits per heavy atom. The second-order valence-electron chi connectivity index (χ2n) is 7.15. The molecule has 0 spiro atoms. The molecule has 1 heterocycles. The van der Waals surface area contributed by atoms with Gasteiger partial charge in [-0.1, -0.05) is 37.3 Å². The molecule has 1 aromatic rings. The van der Waals surface area contributed by atoms with Crippen LogP contribution < -0.4 is 5.32 Å². The number of benzene rings is 1. The number of carbonyl (C=O) groups is 1. The van der Waals surface area contributed by atoms with Crippen molar-refractivity contribution in [3.8, 4) is 0 Å². The molecule has 0 saturated carbocycles.